The Morgan fingerprint density at radius 3 is 2.38 bits per heavy atom. The normalized spacial score (nSPS) is 11.2. The Labute approximate surface area is 124 Å². The predicted molar refractivity (Wildman–Crippen MR) is 77.9 cm³/mol. The molecule has 0 aromatic heterocycles. The highest BCUT2D eigenvalue weighted by Crippen LogP contribution is 2.39. The molecule has 21 heavy (non-hydrogen) atoms. The van der Waals surface area contributed by atoms with Crippen molar-refractivity contribution in [2.75, 3.05) is 21.3 Å². The molecule has 0 aliphatic rings. The van der Waals surface area contributed by atoms with E-state index in [1.165, 1.54) is 21.3 Å². The maximum absolute atomic E-state index is 12.3. The molecule has 1 rings (SSSR count). The lowest BCUT2D eigenvalue weighted by Gasteiger charge is -2.18. The van der Waals surface area contributed by atoms with E-state index in [9.17, 15) is 4.79 Å². The third kappa shape index (κ3) is 3.78. The zero-order valence-electron chi connectivity index (χ0n) is 12.7. The zero-order chi connectivity index (χ0) is 15.8. The van der Waals surface area contributed by atoms with Gasteiger partial charge in [0, 0.05) is 6.04 Å². The number of hydrogen-bond acceptors (Lipinski definition) is 5. The lowest BCUT2D eigenvalue weighted by Crippen LogP contribution is -2.34. The van der Waals surface area contributed by atoms with Gasteiger partial charge < -0.3 is 19.5 Å². The van der Waals surface area contributed by atoms with E-state index in [0.717, 1.165) is 0 Å². The van der Waals surface area contributed by atoms with Crippen molar-refractivity contribution in [1.82, 2.24) is 5.32 Å². The number of nitriles is 1. The molecule has 1 aromatic carbocycles. The molecule has 0 heterocycles. The van der Waals surface area contributed by atoms with E-state index < -0.39 is 0 Å². The monoisotopic (exact) mass is 292 g/mol. The Morgan fingerprint density at radius 2 is 1.90 bits per heavy atom. The molecular formula is C15H20N2O4. The maximum Gasteiger partial charge on any atom is 0.255 e. The highest BCUT2D eigenvalue weighted by Gasteiger charge is 2.22. The number of rotatable bonds is 7. The van der Waals surface area contributed by atoms with E-state index in [-0.39, 0.29) is 18.4 Å². The summed E-state index contributed by atoms with van der Waals surface area (Å²) in [6.45, 7) is 1.91. The van der Waals surface area contributed by atoms with Gasteiger partial charge in [0.2, 0.25) is 5.75 Å². The zero-order valence-corrected chi connectivity index (χ0v) is 12.7. The first kappa shape index (κ1) is 16.6. The highest BCUT2D eigenvalue weighted by atomic mass is 16.5. The van der Waals surface area contributed by atoms with Crippen molar-refractivity contribution in [3.63, 3.8) is 0 Å². The minimum Gasteiger partial charge on any atom is -0.493 e. The molecule has 1 N–H and O–H groups in total. The summed E-state index contributed by atoms with van der Waals surface area (Å²) < 4.78 is 15.7. The minimum absolute atomic E-state index is 0.194. The summed E-state index contributed by atoms with van der Waals surface area (Å²) in [6, 6.07) is 5.11. The number of nitrogens with one attached hydrogen (secondary N) is 1. The molecule has 1 aromatic rings. The van der Waals surface area contributed by atoms with Crippen LogP contribution in [0.4, 0.5) is 0 Å². The molecule has 0 saturated heterocycles. The minimum atomic E-state index is -0.310. The van der Waals surface area contributed by atoms with E-state index in [4.69, 9.17) is 19.5 Å². The van der Waals surface area contributed by atoms with Crippen LogP contribution in [0.3, 0.4) is 0 Å². The summed E-state index contributed by atoms with van der Waals surface area (Å²) >= 11 is 0. The molecule has 1 amide bonds. The van der Waals surface area contributed by atoms with Crippen LogP contribution in [0.25, 0.3) is 0 Å². The van der Waals surface area contributed by atoms with Gasteiger partial charge in [-0.1, -0.05) is 6.92 Å². The Balaban J connectivity index is 3.12. The molecule has 0 bridgehead atoms. The standard InChI is InChI=1S/C15H20N2O4/c1-5-10(8-9-16)17-15(18)11-6-7-12(19-2)14(21-4)13(11)20-3/h6-7,10H,5,8H2,1-4H3,(H,17,18). The van der Waals surface area contributed by atoms with Crippen molar-refractivity contribution >= 4 is 5.91 Å². The van der Waals surface area contributed by atoms with Crippen molar-refractivity contribution in [1.29, 1.82) is 5.26 Å². The molecule has 6 heteroatoms. The number of carbonyl (C=O) groups excluding carboxylic acids is 1. The lowest BCUT2D eigenvalue weighted by molar-refractivity contribution is 0.0933. The van der Waals surface area contributed by atoms with Crippen LogP contribution in [0, 0.1) is 11.3 Å². The highest BCUT2D eigenvalue weighted by molar-refractivity contribution is 5.98. The summed E-state index contributed by atoms with van der Waals surface area (Å²) in [5.74, 6) is 0.840. The fourth-order valence-electron chi connectivity index (χ4n) is 1.95. The van der Waals surface area contributed by atoms with Crippen molar-refractivity contribution in [3.8, 4) is 23.3 Å². The van der Waals surface area contributed by atoms with Gasteiger partial charge in [0.05, 0.1) is 39.4 Å². The second-order valence-corrected chi connectivity index (χ2v) is 4.32. The Hall–Kier alpha value is -2.42. The van der Waals surface area contributed by atoms with Crippen LogP contribution in [0.2, 0.25) is 0 Å². The van der Waals surface area contributed by atoms with Gasteiger partial charge in [0.1, 0.15) is 0 Å². The first-order chi connectivity index (χ1) is 10.1. The third-order valence-electron chi connectivity index (χ3n) is 3.11. The molecule has 0 aliphatic carbocycles. The molecule has 0 aliphatic heterocycles. The van der Waals surface area contributed by atoms with E-state index in [0.29, 0.717) is 29.2 Å². The van der Waals surface area contributed by atoms with Crippen LogP contribution < -0.4 is 19.5 Å². The van der Waals surface area contributed by atoms with Gasteiger partial charge in [-0.2, -0.15) is 5.26 Å². The van der Waals surface area contributed by atoms with E-state index >= 15 is 0 Å². The van der Waals surface area contributed by atoms with E-state index in [2.05, 4.69) is 11.4 Å². The predicted octanol–water partition coefficient (Wildman–Crippen LogP) is 2.13. The van der Waals surface area contributed by atoms with Crippen molar-refractivity contribution in [3.05, 3.63) is 17.7 Å². The fraction of sp³-hybridized carbons (Fsp3) is 0.467. The molecule has 0 radical (unpaired) electrons. The van der Waals surface area contributed by atoms with Crippen molar-refractivity contribution < 1.29 is 19.0 Å². The van der Waals surface area contributed by atoms with Gasteiger partial charge in [-0.3, -0.25) is 4.79 Å². The van der Waals surface area contributed by atoms with Crippen LogP contribution in [-0.2, 0) is 0 Å². The van der Waals surface area contributed by atoms with Crippen LogP contribution in [0.5, 0.6) is 17.2 Å². The Kier molecular flexibility index (Phi) is 6.34. The smallest absolute Gasteiger partial charge is 0.255 e. The van der Waals surface area contributed by atoms with Gasteiger partial charge in [-0.05, 0) is 18.6 Å². The maximum atomic E-state index is 12.3. The third-order valence-corrected chi connectivity index (χ3v) is 3.11. The van der Waals surface area contributed by atoms with E-state index in [1.54, 1.807) is 12.1 Å². The molecule has 0 fully saturated rings. The number of ether oxygens (including phenoxy) is 3. The molecule has 0 saturated carbocycles. The van der Waals surface area contributed by atoms with Crippen LogP contribution >= 0.6 is 0 Å². The summed E-state index contributed by atoms with van der Waals surface area (Å²) in [5.41, 5.74) is 0.339. The van der Waals surface area contributed by atoms with Crippen molar-refractivity contribution in [2.45, 2.75) is 25.8 Å². The fourth-order valence-corrected chi connectivity index (χ4v) is 1.95. The summed E-state index contributed by atoms with van der Waals surface area (Å²) in [4.78, 5) is 12.3. The van der Waals surface area contributed by atoms with Gasteiger partial charge >= 0.3 is 0 Å². The SMILES string of the molecule is CCC(CC#N)NC(=O)c1ccc(OC)c(OC)c1OC. The van der Waals surface area contributed by atoms with Crippen LogP contribution in [-0.4, -0.2) is 33.3 Å². The average molecular weight is 292 g/mol. The second kappa shape index (κ2) is 8.00. The van der Waals surface area contributed by atoms with E-state index in [1.807, 2.05) is 6.92 Å². The molecule has 6 nitrogen and oxygen atoms in total. The summed E-state index contributed by atoms with van der Waals surface area (Å²) in [7, 11) is 4.45. The number of carbonyl (C=O) groups is 1. The quantitative estimate of drug-likeness (QED) is 0.832. The molecule has 0 spiro atoms. The largest absolute Gasteiger partial charge is 0.493 e. The second-order valence-electron chi connectivity index (χ2n) is 4.32. The Morgan fingerprint density at radius 1 is 1.24 bits per heavy atom. The van der Waals surface area contributed by atoms with Gasteiger partial charge in [-0.15, -0.1) is 0 Å². The van der Waals surface area contributed by atoms with Crippen molar-refractivity contribution in [2.24, 2.45) is 0 Å². The molecular weight excluding hydrogens is 272 g/mol. The van der Waals surface area contributed by atoms with Gasteiger partial charge in [0.15, 0.2) is 11.5 Å². The number of benzene rings is 1. The van der Waals surface area contributed by atoms with Gasteiger partial charge in [-0.25, -0.2) is 0 Å². The Bertz CT molecular complexity index is 537. The first-order valence-electron chi connectivity index (χ1n) is 6.59. The average Bonchev–Trinajstić information content (AvgIpc) is 2.52. The first-order valence-corrected chi connectivity index (χ1v) is 6.59. The molecule has 1 atom stereocenters. The van der Waals surface area contributed by atoms with Gasteiger partial charge in [0.25, 0.3) is 5.91 Å². The molecule has 1 unspecified atom stereocenters. The van der Waals surface area contributed by atoms with Crippen LogP contribution in [0.1, 0.15) is 30.1 Å². The number of nitrogens with zero attached hydrogens (tertiary/aromatic N) is 1. The summed E-state index contributed by atoms with van der Waals surface area (Å²) in [5, 5.41) is 11.5. The summed E-state index contributed by atoms with van der Waals surface area (Å²) in [6.07, 6.45) is 0.937. The van der Waals surface area contributed by atoms with Crippen LogP contribution in [0.15, 0.2) is 12.1 Å². The topological polar surface area (TPSA) is 80.6 Å². The number of methoxy groups -OCH3 is 3. The molecule has 114 valence electrons. The lowest BCUT2D eigenvalue weighted by atomic mass is 10.1. The number of hydrogen-bond donors (Lipinski definition) is 1. The number of amides is 1.